The Bertz CT molecular complexity index is 153. The molecular weight excluding hydrogens is 212 g/mol. The summed E-state index contributed by atoms with van der Waals surface area (Å²) < 4.78 is 0. The molecule has 0 radical (unpaired) electrons. The van der Waals surface area contributed by atoms with Crippen LogP contribution in [-0.4, -0.2) is 101 Å². The number of likely N-dealkylation sites (N-methyl/N-ethyl adjacent to an activating group) is 4. The highest BCUT2D eigenvalue weighted by Crippen LogP contribution is 1.92. The third-order valence-electron chi connectivity index (χ3n) is 2.94. The molecule has 4 heteroatoms. The molecule has 0 saturated heterocycles. The molecule has 0 aliphatic carbocycles. The minimum Gasteiger partial charge on any atom is -0.308 e. The SMILES string of the molecule is CN(C)CCN(C)CCCN(C)CCN(C)C. The first-order valence-electron chi connectivity index (χ1n) is 6.58. The lowest BCUT2D eigenvalue weighted by atomic mass is 10.3. The van der Waals surface area contributed by atoms with Crippen molar-refractivity contribution in [1.82, 2.24) is 19.6 Å². The number of nitrogens with zero attached hydrogens (tertiary/aromatic N) is 4. The van der Waals surface area contributed by atoms with Crippen LogP contribution in [0.1, 0.15) is 6.42 Å². The predicted molar refractivity (Wildman–Crippen MR) is 76.7 cm³/mol. The Morgan fingerprint density at radius 1 is 0.471 bits per heavy atom. The zero-order valence-corrected chi connectivity index (χ0v) is 12.7. The number of hydrogen-bond acceptors (Lipinski definition) is 4. The van der Waals surface area contributed by atoms with Crippen molar-refractivity contribution in [3.8, 4) is 0 Å². The molecular formula is C13H32N4. The van der Waals surface area contributed by atoms with E-state index in [4.69, 9.17) is 0 Å². The highest BCUT2D eigenvalue weighted by Gasteiger charge is 2.02. The van der Waals surface area contributed by atoms with Crippen molar-refractivity contribution in [2.75, 3.05) is 81.6 Å². The van der Waals surface area contributed by atoms with Gasteiger partial charge in [-0.1, -0.05) is 0 Å². The Hall–Kier alpha value is -0.160. The fraction of sp³-hybridized carbons (Fsp3) is 1.00. The van der Waals surface area contributed by atoms with Gasteiger partial charge in [0.1, 0.15) is 0 Å². The van der Waals surface area contributed by atoms with E-state index in [1.54, 1.807) is 0 Å². The van der Waals surface area contributed by atoms with Crippen molar-refractivity contribution >= 4 is 0 Å². The van der Waals surface area contributed by atoms with Gasteiger partial charge in [-0.2, -0.15) is 0 Å². The molecule has 0 atom stereocenters. The molecule has 0 spiro atoms. The third kappa shape index (κ3) is 12.1. The van der Waals surface area contributed by atoms with E-state index >= 15 is 0 Å². The molecule has 0 saturated carbocycles. The number of hydrogen-bond donors (Lipinski definition) is 0. The average Bonchev–Trinajstić information content (AvgIpc) is 2.23. The summed E-state index contributed by atoms with van der Waals surface area (Å²) in [5.41, 5.74) is 0. The summed E-state index contributed by atoms with van der Waals surface area (Å²) in [6.45, 7) is 7.00. The van der Waals surface area contributed by atoms with Gasteiger partial charge < -0.3 is 19.6 Å². The maximum absolute atomic E-state index is 2.42. The van der Waals surface area contributed by atoms with Crippen LogP contribution in [0.3, 0.4) is 0 Å². The Kier molecular flexibility index (Phi) is 9.74. The maximum Gasteiger partial charge on any atom is 0.0106 e. The van der Waals surface area contributed by atoms with Crippen molar-refractivity contribution in [2.24, 2.45) is 0 Å². The summed E-state index contributed by atoms with van der Waals surface area (Å²) >= 11 is 0. The Balaban J connectivity index is 3.42. The van der Waals surface area contributed by atoms with Gasteiger partial charge in [-0.25, -0.2) is 0 Å². The van der Waals surface area contributed by atoms with E-state index in [0.29, 0.717) is 0 Å². The van der Waals surface area contributed by atoms with E-state index in [-0.39, 0.29) is 0 Å². The van der Waals surface area contributed by atoms with Gasteiger partial charge in [0, 0.05) is 26.2 Å². The summed E-state index contributed by atoms with van der Waals surface area (Å²) in [4.78, 5) is 9.30. The second-order valence-electron chi connectivity index (χ2n) is 5.57. The van der Waals surface area contributed by atoms with Crippen LogP contribution in [0, 0.1) is 0 Å². The van der Waals surface area contributed by atoms with E-state index in [9.17, 15) is 0 Å². The van der Waals surface area contributed by atoms with E-state index in [1.165, 1.54) is 19.5 Å². The topological polar surface area (TPSA) is 13.0 Å². The molecule has 0 aromatic rings. The van der Waals surface area contributed by atoms with E-state index in [1.807, 2.05) is 0 Å². The van der Waals surface area contributed by atoms with Crippen molar-refractivity contribution in [2.45, 2.75) is 6.42 Å². The molecule has 104 valence electrons. The van der Waals surface area contributed by atoms with E-state index in [0.717, 1.165) is 26.2 Å². The van der Waals surface area contributed by atoms with Gasteiger partial charge in [0.2, 0.25) is 0 Å². The average molecular weight is 244 g/mol. The van der Waals surface area contributed by atoms with Crippen LogP contribution in [0.2, 0.25) is 0 Å². The normalized spacial score (nSPS) is 12.4. The van der Waals surface area contributed by atoms with Gasteiger partial charge in [-0.15, -0.1) is 0 Å². The zero-order chi connectivity index (χ0) is 13.3. The molecule has 0 aliphatic heterocycles. The third-order valence-corrected chi connectivity index (χ3v) is 2.94. The Morgan fingerprint density at radius 2 is 0.824 bits per heavy atom. The summed E-state index contributed by atoms with van der Waals surface area (Å²) in [5, 5.41) is 0. The number of rotatable bonds is 10. The van der Waals surface area contributed by atoms with Gasteiger partial charge in [-0.05, 0) is 61.8 Å². The minimum absolute atomic E-state index is 1.15. The first-order chi connectivity index (χ1) is 7.91. The van der Waals surface area contributed by atoms with Crippen LogP contribution >= 0.6 is 0 Å². The van der Waals surface area contributed by atoms with Gasteiger partial charge in [-0.3, -0.25) is 0 Å². The van der Waals surface area contributed by atoms with Crippen molar-refractivity contribution in [1.29, 1.82) is 0 Å². The van der Waals surface area contributed by atoms with Gasteiger partial charge >= 0.3 is 0 Å². The molecule has 0 amide bonds. The quantitative estimate of drug-likeness (QED) is 0.550. The molecule has 0 aliphatic rings. The molecule has 0 rings (SSSR count). The second-order valence-corrected chi connectivity index (χ2v) is 5.57. The Labute approximate surface area is 108 Å². The maximum atomic E-state index is 2.42. The summed E-state index contributed by atoms with van der Waals surface area (Å²) in [6.07, 6.45) is 1.26. The molecule has 0 unspecified atom stereocenters. The molecule has 4 nitrogen and oxygen atoms in total. The summed E-state index contributed by atoms with van der Waals surface area (Å²) in [7, 11) is 12.9. The predicted octanol–water partition coefficient (Wildman–Crippen LogP) is 0.363. The first-order valence-corrected chi connectivity index (χ1v) is 6.58. The van der Waals surface area contributed by atoms with E-state index < -0.39 is 0 Å². The Morgan fingerprint density at radius 3 is 1.12 bits per heavy atom. The van der Waals surface area contributed by atoms with Crippen LogP contribution in [0.5, 0.6) is 0 Å². The van der Waals surface area contributed by atoms with Crippen LogP contribution in [0.25, 0.3) is 0 Å². The monoisotopic (exact) mass is 244 g/mol. The molecule has 0 aromatic carbocycles. The van der Waals surface area contributed by atoms with Crippen LogP contribution in [0.4, 0.5) is 0 Å². The standard InChI is InChI=1S/C13H32N4/c1-14(2)10-12-16(5)8-7-9-17(6)13-11-15(3)4/h7-13H2,1-6H3. The lowest BCUT2D eigenvalue weighted by Crippen LogP contribution is -2.33. The van der Waals surface area contributed by atoms with Gasteiger partial charge in [0.25, 0.3) is 0 Å². The van der Waals surface area contributed by atoms with Gasteiger partial charge in [0.15, 0.2) is 0 Å². The summed E-state index contributed by atoms with van der Waals surface area (Å²) in [5.74, 6) is 0. The lowest BCUT2D eigenvalue weighted by Gasteiger charge is -2.22. The largest absolute Gasteiger partial charge is 0.308 e. The van der Waals surface area contributed by atoms with Crippen LogP contribution in [-0.2, 0) is 0 Å². The molecule has 0 fully saturated rings. The van der Waals surface area contributed by atoms with Crippen LogP contribution in [0.15, 0.2) is 0 Å². The van der Waals surface area contributed by atoms with Crippen molar-refractivity contribution in [3.63, 3.8) is 0 Å². The highest BCUT2D eigenvalue weighted by atomic mass is 15.2. The molecule has 0 aromatic heterocycles. The summed E-state index contributed by atoms with van der Waals surface area (Å²) in [6, 6.07) is 0. The molecule has 0 N–H and O–H groups in total. The van der Waals surface area contributed by atoms with E-state index in [2.05, 4.69) is 61.9 Å². The highest BCUT2D eigenvalue weighted by molar-refractivity contribution is 4.58. The zero-order valence-electron chi connectivity index (χ0n) is 12.7. The molecule has 17 heavy (non-hydrogen) atoms. The molecule has 0 heterocycles. The van der Waals surface area contributed by atoms with Crippen molar-refractivity contribution in [3.05, 3.63) is 0 Å². The first kappa shape index (κ1) is 16.8. The van der Waals surface area contributed by atoms with Crippen LogP contribution < -0.4 is 0 Å². The lowest BCUT2D eigenvalue weighted by molar-refractivity contribution is 0.244. The smallest absolute Gasteiger partial charge is 0.0106 e. The molecule has 0 bridgehead atoms. The van der Waals surface area contributed by atoms with Crippen molar-refractivity contribution < 1.29 is 0 Å². The second kappa shape index (κ2) is 9.83. The fourth-order valence-electron chi connectivity index (χ4n) is 1.58. The fourth-order valence-corrected chi connectivity index (χ4v) is 1.58. The minimum atomic E-state index is 1.15. The van der Waals surface area contributed by atoms with Gasteiger partial charge in [0.05, 0.1) is 0 Å².